The second-order valence-electron chi connectivity index (χ2n) is 3.37. The van der Waals surface area contributed by atoms with Gasteiger partial charge in [-0.1, -0.05) is 0 Å². The molecule has 0 aromatic carbocycles. The Morgan fingerprint density at radius 2 is 2.24 bits per heavy atom. The summed E-state index contributed by atoms with van der Waals surface area (Å²) in [7, 11) is 0. The zero-order valence-electron chi connectivity index (χ0n) is 8.85. The van der Waals surface area contributed by atoms with Crippen molar-refractivity contribution in [3.63, 3.8) is 0 Å². The van der Waals surface area contributed by atoms with Gasteiger partial charge < -0.3 is 16.2 Å². The van der Waals surface area contributed by atoms with Crippen LogP contribution in [0.5, 0.6) is 0 Å². The van der Waals surface area contributed by atoms with Gasteiger partial charge >= 0.3 is 5.97 Å². The predicted molar refractivity (Wildman–Crippen MR) is 65.3 cm³/mol. The minimum Gasteiger partial charge on any atom is -0.477 e. The summed E-state index contributed by atoms with van der Waals surface area (Å²) < 4.78 is 0. The number of nitrogens with two attached hydrogens (primary N) is 1. The number of carbonyl (C=O) groups is 2. The van der Waals surface area contributed by atoms with Crippen molar-refractivity contribution >= 4 is 44.8 Å². The number of anilines is 2. The van der Waals surface area contributed by atoms with Crippen LogP contribution in [0.25, 0.3) is 10.2 Å². The number of hydrogen-bond donors (Lipinski definition) is 3. The van der Waals surface area contributed by atoms with Crippen molar-refractivity contribution in [2.24, 2.45) is 0 Å². The van der Waals surface area contributed by atoms with Crippen LogP contribution in [0.15, 0.2) is 12.3 Å². The highest BCUT2D eigenvalue weighted by molar-refractivity contribution is 7.21. The SMILES string of the molecule is CC(=O)Nc1ccnc2sc(C(=O)O)c(N)c12. The molecule has 1 amide bonds. The van der Waals surface area contributed by atoms with E-state index in [0.717, 1.165) is 11.3 Å². The fourth-order valence-corrected chi connectivity index (χ4v) is 2.43. The summed E-state index contributed by atoms with van der Waals surface area (Å²) in [6.45, 7) is 1.37. The molecule has 0 bridgehead atoms. The highest BCUT2D eigenvalue weighted by Gasteiger charge is 2.18. The van der Waals surface area contributed by atoms with E-state index in [-0.39, 0.29) is 16.5 Å². The lowest BCUT2D eigenvalue weighted by Gasteiger charge is -2.03. The Labute approximate surface area is 100 Å². The summed E-state index contributed by atoms with van der Waals surface area (Å²) in [4.78, 5) is 26.5. The average Bonchev–Trinajstić information content (AvgIpc) is 2.56. The minimum atomic E-state index is -1.10. The molecule has 7 heteroatoms. The van der Waals surface area contributed by atoms with Crippen molar-refractivity contribution in [1.82, 2.24) is 4.98 Å². The molecule has 2 aromatic rings. The predicted octanol–water partition coefficient (Wildman–Crippen LogP) is 1.54. The zero-order chi connectivity index (χ0) is 12.6. The second-order valence-corrected chi connectivity index (χ2v) is 4.37. The zero-order valence-corrected chi connectivity index (χ0v) is 9.67. The molecule has 0 aliphatic heterocycles. The van der Waals surface area contributed by atoms with E-state index >= 15 is 0 Å². The minimum absolute atomic E-state index is 0.0327. The van der Waals surface area contributed by atoms with Gasteiger partial charge in [-0.3, -0.25) is 4.79 Å². The van der Waals surface area contributed by atoms with Gasteiger partial charge in [0.2, 0.25) is 5.91 Å². The number of amides is 1. The third-order valence-corrected chi connectivity index (χ3v) is 3.24. The molecule has 0 radical (unpaired) electrons. The lowest BCUT2D eigenvalue weighted by molar-refractivity contribution is -0.114. The average molecular weight is 251 g/mol. The van der Waals surface area contributed by atoms with Crippen LogP contribution >= 0.6 is 11.3 Å². The number of pyridine rings is 1. The molecule has 0 fully saturated rings. The van der Waals surface area contributed by atoms with Crippen molar-refractivity contribution in [3.8, 4) is 0 Å². The fourth-order valence-electron chi connectivity index (χ4n) is 1.50. The number of aromatic carboxylic acids is 1. The number of nitrogen functional groups attached to an aromatic ring is 1. The standard InChI is InChI=1S/C10H9N3O3S/c1-4(14)13-5-2-3-12-9-6(5)7(11)8(17-9)10(15)16/h2-3H,11H2,1H3,(H,15,16)(H,12,13,14). The van der Waals surface area contributed by atoms with Gasteiger partial charge in [-0.25, -0.2) is 9.78 Å². The number of thiophene rings is 1. The molecule has 2 aromatic heterocycles. The van der Waals surface area contributed by atoms with Gasteiger partial charge in [-0.2, -0.15) is 0 Å². The summed E-state index contributed by atoms with van der Waals surface area (Å²) >= 11 is 0.986. The number of rotatable bonds is 2. The Balaban J connectivity index is 2.70. The fraction of sp³-hybridized carbons (Fsp3) is 0.100. The number of carboxylic acids is 1. The van der Waals surface area contributed by atoms with Crippen LogP contribution in [-0.4, -0.2) is 22.0 Å². The molecular formula is C10H9N3O3S. The Morgan fingerprint density at radius 3 is 2.82 bits per heavy atom. The quantitative estimate of drug-likeness (QED) is 0.750. The van der Waals surface area contributed by atoms with Crippen molar-refractivity contribution in [3.05, 3.63) is 17.1 Å². The molecule has 0 saturated carbocycles. The molecule has 6 nitrogen and oxygen atoms in total. The summed E-state index contributed by atoms with van der Waals surface area (Å²) in [6, 6.07) is 1.58. The third-order valence-electron chi connectivity index (χ3n) is 2.13. The molecule has 0 saturated heterocycles. The molecule has 2 heterocycles. The number of carbonyl (C=O) groups excluding carboxylic acids is 1. The van der Waals surface area contributed by atoms with Crippen LogP contribution in [0.1, 0.15) is 16.6 Å². The molecule has 0 atom stereocenters. The molecule has 0 aliphatic carbocycles. The Bertz CT molecular complexity index is 621. The molecule has 0 spiro atoms. The largest absolute Gasteiger partial charge is 0.477 e. The van der Waals surface area contributed by atoms with Crippen molar-refractivity contribution in [2.75, 3.05) is 11.1 Å². The molecule has 4 N–H and O–H groups in total. The van der Waals surface area contributed by atoms with Crippen molar-refractivity contribution < 1.29 is 14.7 Å². The molecule has 0 unspecified atom stereocenters. The maximum absolute atomic E-state index is 11.0. The van der Waals surface area contributed by atoms with Crippen LogP contribution in [-0.2, 0) is 4.79 Å². The Morgan fingerprint density at radius 1 is 1.53 bits per heavy atom. The summed E-state index contributed by atoms with van der Waals surface area (Å²) in [5, 5.41) is 12.0. The second kappa shape index (κ2) is 4.02. The van der Waals surface area contributed by atoms with Crippen LogP contribution in [0.4, 0.5) is 11.4 Å². The number of nitrogens with zero attached hydrogens (tertiary/aromatic N) is 1. The number of hydrogen-bond acceptors (Lipinski definition) is 5. The summed E-state index contributed by atoms with van der Waals surface area (Å²) in [5.74, 6) is -1.35. The molecule has 2 rings (SSSR count). The third kappa shape index (κ3) is 1.92. The monoisotopic (exact) mass is 251 g/mol. The molecule has 17 heavy (non-hydrogen) atoms. The van der Waals surface area contributed by atoms with Crippen molar-refractivity contribution in [1.29, 1.82) is 0 Å². The van der Waals surface area contributed by atoms with E-state index in [1.165, 1.54) is 13.1 Å². The van der Waals surface area contributed by atoms with Crippen LogP contribution in [0.2, 0.25) is 0 Å². The Kier molecular flexibility index (Phi) is 2.68. The van der Waals surface area contributed by atoms with Gasteiger partial charge in [0.05, 0.1) is 16.8 Å². The molecule has 0 aliphatic rings. The van der Waals surface area contributed by atoms with Crippen molar-refractivity contribution in [2.45, 2.75) is 6.92 Å². The Hall–Kier alpha value is -2.15. The van der Waals surface area contributed by atoms with Gasteiger partial charge in [-0.15, -0.1) is 11.3 Å². The molecular weight excluding hydrogens is 242 g/mol. The molecule has 88 valence electrons. The van der Waals surface area contributed by atoms with E-state index in [9.17, 15) is 9.59 Å². The number of aromatic nitrogens is 1. The first kappa shape index (κ1) is 11.3. The van der Waals surface area contributed by atoms with Crippen LogP contribution < -0.4 is 11.1 Å². The van der Waals surface area contributed by atoms with E-state index in [2.05, 4.69) is 10.3 Å². The maximum Gasteiger partial charge on any atom is 0.348 e. The van der Waals surface area contributed by atoms with E-state index in [4.69, 9.17) is 10.8 Å². The van der Waals surface area contributed by atoms with E-state index in [1.54, 1.807) is 6.07 Å². The van der Waals surface area contributed by atoms with E-state index in [0.29, 0.717) is 15.9 Å². The first-order valence-electron chi connectivity index (χ1n) is 4.68. The normalized spacial score (nSPS) is 10.4. The van der Waals surface area contributed by atoms with Gasteiger partial charge in [-0.05, 0) is 6.07 Å². The van der Waals surface area contributed by atoms with Gasteiger partial charge in [0.1, 0.15) is 9.71 Å². The van der Waals surface area contributed by atoms with Crippen LogP contribution in [0.3, 0.4) is 0 Å². The summed E-state index contributed by atoms with van der Waals surface area (Å²) in [6.07, 6.45) is 1.50. The van der Waals surface area contributed by atoms with Gasteiger partial charge in [0.25, 0.3) is 0 Å². The lowest BCUT2D eigenvalue weighted by Crippen LogP contribution is -2.06. The first-order chi connectivity index (χ1) is 8.00. The topological polar surface area (TPSA) is 105 Å². The first-order valence-corrected chi connectivity index (χ1v) is 5.50. The van der Waals surface area contributed by atoms with Gasteiger partial charge in [0, 0.05) is 13.1 Å². The smallest absolute Gasteiger partial charge is 0.348 e. The highest BCUT2D eigenvalue weighted by Crippen LogP contribution is 2.36. The maximum atomic E-state index is 11.0. The van der Waals surface area contributed by atoms with Crippen LogP contribution in [0, 0.1) is 0 Å². The number of fused-ring (bicyclic) bond motifs is 1. The van der Waals surface area contributed by atoms with Gasteiger partial charge in [0.15, 0.2) is 0 Å². The summed E-state index contributed by atoms with van der Waals surface area (Å²) in [5.41, 5.74) is 6.36. The number of nitrogens with one attached hydrogen (secondary N) is 1. The van der Waals surface area contributed by atoms with E-state index in [1.807, 2.05) is 0 Å². The lowest BCUT2D eigenvalue weighted by atomic mass is 10.2. The highest BCUT2D eigenvalue weighted by atomic mass is 32.1. The number of carboxylic acid groups (broad SMARTS) is 1. The van der Waals surface area contributed by atoms with E-state index < -0.39 is 5.97 Å².